The van der Waals surface area contributed by atoms with Gasteiger partial charge in [0.2, 0.25) is 0 Å². The zero-order valence-corrected chi connectivity index (χ0v) is 15.6. The van der Waals surface area contributed by atoms with Crippen molar-refractivity contribution in [2.24, 2.45) is 5.10 Å². The molecule has 0 spiro atoms. The van der Waals surface area contributed by atoms with E-state index in [1.165, 1.54) is 0 Å². The van der Waals surface area contributed by atoms with Crippen LogP contribution in [-0.2, 0) is 17.9 Å². The van der Waals surface area contributed by atoms with E-state index >= 15 is 0 Å². The lowest BCUT2D eigenvalue weighted by atomic mass is 10.2. The van der Waals surface area contributed by atoms with Gasteiger partial charge in [-0.1, -0.05) is 47.7 Å². The highest BCUT2D eigenvalue weighted by molar-refractivity contribution is 5.83. The van der Waals surface area contributed by atoms with Crippen LogP contribution in [0, 0.1) is 0 Å². The molecule has 0 fully saturated rings. The first-order valence-corrected chi connectivity index (χ1v) is 9.15. The lowest BCUT2D eigenvalue weighted by Gasteiger charge is -2.06. The number of amides is 1. The van der Waals surface area contributed by atoms with E-state index in [0.29, 0.717) is 6.61 Å². The molecule has 7 heteroatoms. The molecule has 0 bridgehead atoms. The Morgan fingerprint density at radius 3 is 2.59 bits per heavy atom. The number of nitrogens with one attached hydrogen (secondary N) is 1. The molecule has 0 aliphatic carbocycles. The average Bonchev–Trinajstić information content (AvgIpc) is 3.17. The van der Waals surface area contributed by atoms with Gasteiger partial charge >= 0.3 is 0 Å². The van der Waals surface area contributed by atoms with Crippen molar-refractivity contribution in [1.29, 1.82) is 0 Å². The third kappa shape index (κ3) is 4.84. The first kappa shape index (κ1) is 18.4. The van der Waals surface area contributed by atoms with E-state index in [1.54, 1.807) is 10.9 Å². The number of hydrazone groups is 1. The zero-order chi connectivity index (χ0) is 19.9. The van der Waals surface area contributed by atoms with Crippen molar-refractivity contribution in [2.45, 2.75) is 13.2 Å². The highest BCUT2D eigenvalue weighted by atomic mass is 16.5. The maximum Gasteiger partial charge on any atom is 0.261 e. The van der Waals surface area contributed by atoms with Gasteiger partial charge in [0.25, 0.3) is 5.91 Å². The zero-order valence-electron chi connectivity index (χ0n) is 15.6. The Morgan fingerprint density at radius 2 is 1.76 bits per heavy atom. The molecule has 0 unspecified atom stereocenters. The first-order valence-electron chi connectivity index (χ1n) is 9.15. The second kappa shape index (κ2) is 8.79. The number of benzene rings is 3. The fraction of sp³-hybridized carbons (Fsp3) is 0.0909. The molecule has 29 heavy (non-hydrogen) atoms. The molecule has 3 aromatic carbocycles. The molecule has 0 radical (unpaired) electrons. The second-order valence-corrected chi connectivity index (χ2v) is 6.37. The van der Waals surface area contributed by atoms with Gasteiger partial charge in [-0.15, -0.1) is 5.10 Å². The molecule has 1 heterocycles. The monoisotopic (exact) mass is 385 g/mol. The summed E-state index contributed by atoms with van der Waals surface area (Å²) >= 11 is 0. The minimum atomic E-state index is -0.278. The van der Waals surface area contributed by atoms with E-state index in [-0.39, 0.29) is 12.5 Å². The van der Waals surface area contributed by atoms with Gasteiger partial charge in [-0.25, -0.2) is 10.1 Å². The maximum atomic E-state index is 12.1. The smallest absolute Gasteiger partial charge is 0.261 e. The van der Waals surface area contributed by atoms with Gasteiger partial charge in [0.15, 0.2) is 0 Å². The Labute approximate surface area is 167 Å². The Balaban J connectivity index is 1.28. The van der Waals surface area contributed by atoms with E-state index in [0.717, 1.165) is 27.9 Å². The number of nitrogens with zero attached hydrogens (tertiary/aromatic N) is 4. The molecule has 7 nitrogen and oxygen atoms in total. The molecule has 0 aliphatic rings. The number of aromatic nitrogens is 3. The van der Waals surface area contributed by atoms with Gasteiger partial charge in [0, 0.05) is 0 Å². The number of hydrogen-bond donors (Lipinski definition) is 1. The number of para-hydroxylation sites is 1. The van der Waals surface area contributed by atoms with Crippen LogP contribution in [0.4, 0.5) is 0 Å². The average molecular weight is 385 g/mol. The van der Waals surface area contributed by atoms with Crippen LogP contribution in [0.1, 0.15) is 11.1 Å². The normalized spacial score (nSPS) is 11.0. The molecule has 1 aromatic heterocycles. The molecule has 4 aromatic rings. The van der Waals surface area contributed by atoms with Crippen LogP contribution in [0.25, 0.3) is 11.0 Å². The summed E-state index contributed by atoms with van der Waals surface area (Å²) in [7, 11) is 0. The van der Waals surface area contributed by atoms with Crippen LogP contribution in [0.5, 0.6) is 5.75 Å². The van der Waals surface area contributed by atoms with Crippen LogP contribution >= 0.6 is 0 Å². The summed E-state index contributed by atoms with van der Waals surface area (Å²) in [5.41, 5.74) is 6.02. The number of carbonyl (C=O) groups is 1. The Morgan fingerprint density at radius 1 is 1.00 bits per heavy atom. The van der Waals surface area contributed by atoms with Gasteiger partial charge in [0.05, 0.1) is 11.7 Å². The number of hydrogen-bond acceptors (Lipinski definition) is 5. The van der Waals surface area contributed by atoms with Crippen molar-refractivity contribution in [3.8, 4) is 5.75 Å². The third-order valence-electron chi connectivity index (χ3n) is 4.24. The lowest BCUT2D eigenvalue weighted by molar-refractivity contribution is -0.121. The van der Waals surface area contributed by atoms with Gasteiger partial charge < -0.3 is 4.74 Å². The predicted octanol–water partition coefficient (Wildman–Crippen LogP) is 3.16. The number of fused-ring (bicyclic) bond motifs is 1. The molecule has 0 saturated heterocycles. The van der Waals surface area contributed by atoms with Crippen molar-refractivity contribution in [2.75, 3.05) is 0 Å². The van der Waals surface area contributed by atoms with Crippen molar-refractivity contribution in [3.63, 3.8) is 0 Å². The first-order chi connectivity index (χ1) is 14.3. The molecule has 1 amide bonds. The number of ether oxygens (including phenoxy) is 1. The summed E-state index contributed by atoms with van der Waals surface area (Å²) in [6.45, 7) is 0.561. The third-order valence-corrected chi connectivity index (χ3v) is 4.24. The summed E-state index contributed by atoms with van der Waals surface area (Å²) in [6.07, 6.45) is 1.58. The highest BCUT2D eigenvalue weighted by Gasteiger charge is 2.07. The molecule has 0 atom stereocenters. The summed E-state index contributed by atoms with van der Waals surface area (Å²) in [5, 5.41) is 12.0. The van der Waals surface area contributed by atoms with Crippen molar-refractivity contribution < 1.29 is 9.53 Å². The van der Waals surface area contributed by atoms with Crippen LogP contribution < -0.4 is 10.2 Å². The predicted molar refractivity (Wildman–Crippen MR) is 110 cm³/mol. The SMILES string of the molecule is O=C(Cn1nnc2ccccc21)NN=Cc1ccc(OCc2ccccc2)cc1. The summed E-state index contributed by atoms with van der Waals surface area (Å²) in [6, 6.07) is 25.0. The van der Waals surface area contributed by atoms with Gasteiger partial charge in [-0.3, -0.25) is 4.79 Å². The molecule has 0 aliphatic heterocycles. The topological polar surface area (TPSA) is 81.4 Å². The second-order valence-electron chi connectivity index (χ2n) is 6.37. The van der Waals surface area contributed by atoms with Gasteiger partial charge in [-0.05, 0) is 47.5 Å². The van der Waals surface area contributed by atoms with Crippen LogP contribution in [0.15, 0.2) is 84.0 Å². The van der Waals surface area contributed by atoms with Crippen molar-refractivity contribution >= 4 is 23.2 Å². The van der Waals surface area contributed by atoms with Gasteiger partial charge in [-0.2, -0.15) is 5.10 Å². The largest absolute Gasteiger partial charge is 0.489 e. The molecule has 4 rings (SSSR count). The number of carbonyl (C=O) groups excluding carboxylic acids is 1. The Hall–Kier alpha value is -4.00. The van der Waals surface area contributed by atoms with Crippen LogP contribution in [0.2, 0.25) is 0 Å². The summed E-state index contributed by atoms with van der Waals surface area (Å²) in [4.78, 5) is 12.1. The Bertz CT molecular complexity index is 1120. The van der Waals surface area contributed by atoms with E-state index in [4.69, 9.17) is 4.74 Å². The Kier molecular flexibility index (Phi) is 5.57. The van der Waals surface area contributed by atoms with E-state index < -0.39 is 0 Å². The van der Waals surface area contributed by atoms with E-state index in [9.17, 15) is 4.79 Å². The molecule has 0 saturated carbocycles. The van der Waals surface area contributed by atoms with Crippen LogP contribution in [0.3, 0.4) is 0 Å². The fourth-order valence-corrected chi connectivity index (χ4v) is 2.78. The van der Waals surface area contributed by atoms with E-state index in [2.05, 4.69) is 20.8 Å². The minimum Gasteiger partial charge on any atom is -0.489 e. The maximum absolute atomic E-state index is 12.1. The van der Waals surface area contributed by atoms with Crippen molar-refractivity contribution in [3.05, 3.63) is 90.0 Å². The van der Waals surface area contributed by atoms with Crippen molar-refractivity contribution in [1.82, 2.24) is 20.4 Å². The molecular weight excluding hydrogens is 366 g/mol. The summed E-state index contributed by atoms with van der Waals surface area (Å²) < 4.78 is 7.29. The number of rotatable bonds is 7. The fourth-order valence-electron chi connectivity index (χ4n) is 2.78. The minimum absolute atomic E-state index is 0.0458. The lowest BCUT2D eigenvalue weighted by Crippen LogP contribution is -2.23. The standard InChI is InChI=1S/C22H19N5O2/c28-22(15-27-21-9-5-4-8-20(21)24-26-27)25-23-14-17-10-12-19(13-11-17)29-16-18-6-2-1-3-7-18/h1-14H,15-16H2,(H,25,28). The van der Waals surface area contributed by atoms with Crippen LogP contribution in [-0.4, -0.2) is 27.1 Å². The molecule has 1 N–H and O–H groups in total. The quantitative estimate of drug-likeness (QED) is 0.391. The molecule has 144 valence electrons. The highest BCUT2D eigenvalue weighted by Crippen LogP contribution is 2.13. The van der Waals surface area contributed by atoms with E-state index in [1.807, 2.05) is 78.9 Å². The van der Waals surface area contributed by atoms with Gasteiger partial charge in [0.1, 0.15) is 24.4 Å². The summed E-state index contributed by atoms with van der Waals surface area (Å²) in [5.74, 6) is 0.493. The molecular formula is C22H19N5O2.